The summed E-state index contributed by atoms with van der Waals surface area (Å²) in [6.45, 7) is 4.12. The standard InChI is InChI=1S/C16H19NO/c1-3-15(17)13-8-6-9-14(11-13)18-16-10-5-4-7-12(16)2/h4-11,15H,3,17H2,1-2H3. The number of aryl methyl sites for hydroxylation is 1. The number of hydrogen-bond acceptors (Lipinski definition) is 2. The van der Waals surface area contributed by atoms with Crippen LogP contribution in [0.15, 0.2) is 48.5 Å². The zero-order valence-electron chi connectivity index (χ0n) is 10.9. The van der Waals surface area contributed by atoms with E-state index in [1.54, 1.807) is 0 Å². The Morgan fingerprint density at radius 3 is 2.61 bits per heavy atom. The lowest BCUT2D eigenvalue weighted by Gasteiger charge is -2.12. The van der Waals surface area contributed by atoms with Crippen LogP contribution in [0.2, 0.25) is 0 Å². The van der Waals surface area contributed by atoms with Crippen molar-refractivity contribution in [1.82, 2.24) is 0 Å². The van der Waals surface area contributed by atoms with Crippen LogP contribution in [-0.4, -0.2) is 0 Å². The van der Waals surface area contributed by atoms with E-state index in [2.05, 4.69) is 6.92 Å². The fourth-order valence-corrected chi connectivity index (χ4v) is 1.84. The number of ether oxygens (including phenoxy) is 1. The van der Waals surface area contributed by atoms with Gasteiger partial charge < -0.3 is 10.5 Å². The second-order valence-corrected chi connectivity index (χ2v) is 4.45. The molecule has 0 aromatic heterocycles. The molecule has 0 aliphatic heterocycles. The van der Waals surface area contributed by atoms with Gasteiger partial charge in [0.25, 0.3) is 0 Å². The molecule has 18 heavy (non-hydrogen) atoms. The van der Waals surface area contributed by atoms with Gasteiger partial charge in [0.15, 0.2) is 0 Å². The van der Waals surface area contributed by atoms with Crippen molar-refractivity contribution in [2.24, 2.45) is 5.73 Å². The van der Waals surface area contributed by atoms with Gasteiger partial charge in [-0.3, -0.25) is 0 Å². The summed E-state index contributed by atoms with van der Waals surface area (Å²) >= 11 is 0. The van der Waals surface area contributed by atoms with Crippen molar-refractivity contribution < 1.29 is 4.74 Å². The fourth-order valence-electron chi connectivity index (χ4n) is 1.84. The van der Waals surface area contributed by atoms with Gasteiger partial charge in [0.1, 0.15) is 11.5 Å². The maximum absolute atomic E-state index is 6.03. The van der Waals surface area contributed by atoms with Crippen molar-refractivity contribution in [3.05, 3.63) is 59.7 Å². The summed E-state index contributed by atoms with van der Waals surface area (Å²) in [7, 11) is 0. The lowest BCUT2D eigenvalue weighted by atomic mass is 10.1. The maximum Gasteiger partial charge on any atom is 0.130 e. The van der Waals surface area contributed by atoms with Crippen molar-refractivity contribution in [2.45, 2.75) is 26.3 Å². The Kier molecular flexibility index (Phi) is 4.00. The van der Waals surface area contributed by atoms with Crippen LogP contribution in [0, 0.1) is 6.92 Å². The smallest absolute Gasteiger partial charge is 0.130 e. The van der Waals surface area contributed by atoms with Crippen LogP contribution in [0.4, 0.5) is 0 Å². The van der Waals surface area contributed by atoms with E-state index in [9.17, 15) is 0 Å². The van der Waals surface area contributed by atoms with Gasteiger partial charge in [-0.2, -0.15) is 0 Å². The number of benzene rings is 2. The van der Waals surface area contributed by atoms with Gasteiger partial charge in [0.2, 0.25) is 0 Å². The molecule has 94 valence electrons. The van der Waals surface area contributed by atoms with Crippen LogP contribution in [-0.2, 0) is 0 Å². The highest BCUT2D eigenvalue weighted by Crippen LogP contribution is 2.26. The molecule has 0 saturated carbocycles. The number of nitrogens with two attached hydrogens (primary N) is 1. The molecule has 2 aromatic carbocycles. The molecule has 0 radical (unpaired) electrons. The first-order valence-corrected chi connectivity index (χ1v) is 6.29. The number of hydrogen-bond donors (Lipinski definition) is 1. The Balaban J connectivity index is 2.22. The summed E-state index contributed by atoms with van der Waals surface area (Å²) in [5, 5.41) is 0. The minimum Gasteiger partial charge on any atom is -0.457 e. The van der Waals surface area contributed by atoms with Crippen LogP contribution in [0.25, 0.3) is 0 Å². The Hall–Kier alpha value is -1.80. The van der Waals surface area contributed by atoms with Gasteiger partial charge in [0.05, 0.1) is 0 Å². The molecule has 2 nitrogen and oxygen atoms in total. The Bertz CT molecular complexity index is 522. The minimum atomic E-state index is 0.0745. The van der Waals surface area contributed by atoms with Crippen molar-refractivity contribution in [1.29, 1.82) is 0 Å². The number of rotatable bonds is 4. The molecule has 2 N–H and O–H groups in total. The van der Waals surface area contributed by atoms with Crippen molar-refractivity contribution in [3.63, 3.8) is 0 Å². The predicted octanol–water partition coefficient (Wildman–Crippen LogP) is 4.20. The average molecular weight is 241 g/mol. The topological polar surface area (TPSA) is 35.2 Å². The predicted molar refractivity (Wildman–Crippen MR) is 74.9 cm³/mol. The van der Waals surface area contributed by atoms with E-state index in [4.69, 9.17) is 10.5 Å². The lowest BCUT2D eigenvalue weighted by Crippen LogP contribution is -2.08. The van der Waals surface area contributed by atoms with Crippen LogP contribution in [0.3, 0.4) is 0 Å². The maximum atomic E-state index is 6.03. The fraction of sp³-hybridized carbons (Fsp3) is 0.250. The molecule has 1 atom stereocenters. The third-order valence-corrected chi connectivity index (χ3v) is 3.05. The molecule has 0 aliphatic carbocycles. The summed E-state index contributed by atoms with van der Waals surface area (Å²) in [5.74, 6) is 1.73. The van der Waals surface area contributed by atoms with E-state index in [1.165, 1.54) is 0 Å². The first-order chi connectivity index (χ1) is 8.70. The van der Waals surface area contributed by atoms with Gasteiger partial charge >= 0.3 is 0 Å². The van der Waals surface area contributed by atoms with E-state index in [0.29, 0.717) is 0 Å². The summed E-state index contributed by atoms with van der Waals surface area (Å²) in [6, 6.07) is 16.1. The van der Waals surface area contributed by atoms with E-state index >= 15 is 0 Å². The second kappa shape index (κ2) is 5.69. The highest BCUT2D eigenvalue weighted by atomic mass is 16.5. The third-order valence-electron chi connectivity index (χ3n) is 3.05. The lowest BCUT2D eigenvalue weighted by molar-refractivity contribution is 0.477. The van der Waals surface area contributed by atoms with E-state index in [0.717, 1.165) is 29.0 Å². The molecule has 2 aromatic rings. The van der Waals surface area contributed by atoms with E-state index < -0.39 is 0 Å². The zero-order valence-corrected chi connectivity index (χ0v) is 10.9. The van der Waals surface area contributed by atoms with Crippen molar-refractivity contribution >= 4 is 0 Å². The summed E-state index contributed by atoms with van der Waals surface area (Å²) in [5.41, 5.74) is 8.27. The van der Waals surface area contributed by atoms with Gasteiger partial charge in [0, 0.05) is 6.04 Å². The van der Waals surface area contributed by atoms with Crippen molar-refractivity contribution in [2.75, 3.05) is 0 Å². The molecular weight excluding hydrogens is 222 g/mol. The summed E-state index contributed by atoms with van der Waals surface area (Å²) in [6.07, 6.45) is 0.924. The average Bonchev–Trinajstić information content (AvgIpc) is 2.41. The molecule has 2 rings (SSSR count). The summed E-state index contributed by atoms with van der Waals surface area (Å²) in [4.78, 5) is 0. The van der Waals surface area contributed by atoms with Gasteiger partial charge in [-0.25, -0.2) is 0 Å². The Morgan fingerprint density at radius 2 is 1.89 bits per heavy atom. The zero-order chi connectivity index (χ0) is 13.0. The molecule has 0 heterocycles. The Morgan fingerprint density at radius 1 is 1.11 bits per heavy atom. The van der Waals surface area contributed by atoms with Crippen LogP contribution in [0.5, 0.6) is 11.5 Å². The van der Waals surface area contributed by atoms with Gasteiger partial charge in [-0.1, -0.05) is 37.3 Å². The minimum absolute atomic E-state index is 0.0745. The van der Waals surface area contributed by atoms with Crippen molar-refractivity contribution in [3.8, 4) is 11.5 Å². The monoisotopic (exact) mass is 241 g/mol. The first kappa shape index (κ1) is 12.7. The van der Waals surface area contributed by atoms with Crippen LogP contribution < -0.4 is 10.5 Å². The quantitative estimate of drug-likeness (QED) is 0.870. The number of para-hydroxylation sites is 1. The summed E-state index contributed by atoms with van der Waals surface area (Å²) < 4.78 is 5.89. The molecule has 0 bridgehead atoms. The highest BCUT2D eigenvalue weighted by Gasteiger charge is 2.05. The van der Waals surface area contributed by atoms with Gasteiger partial charge in [-0.05, 0) is 42.7 Å². The molecule has 0 amide bonds. The normalized spacial score (nSPS) is 12.2. The molecule has 0 spiro atoms. The van der Waals surface area contributed by atoms with Crippen LogP contribution >= 0.6 is 0 Å². The molecule has 0 saturated heterocycles. The highest BCUT2D eigenvalue weighted by molar-refractivity contribution is 5.38. The molecule has 0 aliphatic rings. The third kappa shape index (κ3) is 2.90. The van der Waals surface area contributed by atoms with E-state index in [-0.39, 0.29) is 6.04 Å². The van der Waals surface area contributed by atoms with E-state index in [1.807, 2.05) is 55.5 Å². The second-order valence-electron chi connectivity index (χ2n) is 4.45. The SMILES string of the molecule is CCC(N)c1cccc(Oc2ccccc2C)c1. The first-order valence-electron chi connectivity index (χ1n) is 6.29. The molecular formula is C16H19NO. The van der Waals surface area contributed by atoms with Gasteiger partial charge in [-0.15, -0.1) is 0 Å². The molecule has 2 heteroatoms. The van der Waals surface area contributed by atoms with Crippen LogP contribution in [0.1, 0.15) is 30.5 Å². The molecule has 0 fully saturated rings. The largest absolute Gasteiger partial charge is 0.457 e. The molecule has 1 unspecified atom stereocenters. The Labute approximate surface area is 108 Å².